The molecule has 0 aliphatic rings. The van der Waals surface area contributed by atoms with E-state index >= 15 is 0 Å². The zero-order chi connectivity index (χ0) is 14.7. The van der Waals surface area contributed by atoms with E-state index in [0.29, 0.717) is 44.1 Å². The Morgan fingerprint density at radius 1 is 1.21 bits per heavy atom. The zero-order valence-corrected chi connectivity index (χ0v) is 11.9. The van der Waals surface area contributed by atoms with Gasteiger partial charge in [-0.25, -0.2) is 0 Å². The fourth-order valence-corrected chi connectivity index (χ4v) is 1.49. The molecule has 0 saturated carbocycles. The highest BCUT2D eigenvalue weighted by atomic mass is 32.1. The second kappa shape index (κ2) is 10.4. The van der Waals surface area contributed by atoms with Gasteiger partial charge >= 0.3 is 6.18 Å². The van der Waals surface area contributed by atoms with Gasteiger partial charge in [-0.15, -0.1) is 0 Å². The van der Waals surface area contributed by atoms with Crippen molar-refractivity contribution in [3.63, 3.8) is 0 Å². The van der Waals surface area contributed by atoms with E-state index in [-0.39, 0.29) is 6.61 Å². The average molecular weight is 302 g/mol. The molecule has 0 spiro atoms. The molecule has 0 unspecified atom stereocenters. The summed E-state index contributed by atoms with van der Waals surface area (Å²) in [6, 6.07) is 0. The van der Waals surface area contributed by atoms with Gasteiger partial charge < -0.3 is 20.1 Å². The first-order valence-corrected chi connectivity index (χ1v) is 6.40. The molecule has 19 heavy (non-hydrogen) atoms. The van der Waals surface area contributed by atoms with Crippen LogP contribution in [0.5, 0.6) is 0 Å². The Morgan fingerprint density at radius 2 is 1.89 bits per heavy atom. The van der Waals surface area contributed by atoms with E-state index in [1.807, 2.05) is 4.90 Å². The Balaban J connectivity index is 3.75. The highest BCUT2D eigenvalue weighted by molar-refractivity contribution is 7.80. The molecule has 0 rings (SSSR count). The average Bonchev–Trinajstić information content (AvgIpc) is 2.29. The molecule has 0 saturated heterocycles. The Bertz CT molecular complexity index is 253. The fraction of sp³-hybridized carbons (Fsp3) is 0.909. The third kappa shape index (κ3) is 13.8. The van der Waals surface area contributed by atoms with Gasteiger partial charge in [-0.05, 0) is 6.42 Å². The first-order chi connectivity index (χ1) is 8.85. The van der Waals surface area contributed by atoms with E-state index in [2.05, 4.69) is 4.74 Å². The number of alkyl halides is 3. The molecule has 8 heteroatoms. The molecule has 0 bridgehead atoms. The van der Waals surface area contributed by atoms with Crippen LogP contribution in [0.3, 0.4) is 0 Å². The minimum atomic E-state index is -4.26. The number of methoxy groups -OCH3 is 1. The van der Waals surface area contributed by atoms with Crippen LogP contribution in [0.1, 0.15) is 12.8 Å². The topological polar surface area (TPSA) is 47.7 Å². The fourth-order valence-electron chi connectivity index (χ4n) is 1.40. The van der Waals surface area contributed by atoms with Crippen molar-refractivity contribution in [2.24, 2.45) is 5.73 Å². The number of halogens is 3. The zero-order valence-electron chi connectivity index (χ0n) is 11.0. The molecular weight excluding hydrogens is 281 g/mol. The van der Waals surface area contributed by atoms with Gasteiger partial charge in [0.2, 0.25) is 0 Å². The Hall–Kier alpha value is -0.440. The van der Waals surface area contributed by atoms with Crippen LogP contribution in [0.4, 0.5) is 13.2 Å². The van der Waals surface area contributed by atoms with Gasteiger partial charge in [0.15, 0.2) is 0 Å². The van der Waals surface area contributed by atoms with E-state index in [1.54, 1.807) is 7.11 Å². The van der Waals surface area contributed by atoms with Crippen LogP contribution >= 0.6 is 12.2 Å². The van der Waals surface area contributed by atoms with Crippen molar-refractivity contribution in [2.45, 2.75) is 19.0 Å². The quantitative estimate of drug-likeness (QED) is 0.464. The normalized spacial score (nSPS) is 12.1. The summed E-state index contributed by atoms with van der Waals surface area (Å²) in [5, 5.41) is 0. The van der Waals surface area contributed by atoms with Crippen molar-refractivity contribution < 1.29 is 22.6 Å². The maximum absolute atomic E-state index is 11.8. The van der Waals surface area contributed by atoms with Crippen LogP contribution in [0, 0.1) is 0 Å². The lowest BCUT2D eigenvalue weighted by Gasteiger charge is -2.21. The van der Waals surface area contributed by atoms with Crippen molar-refractivity contribution in [1.29, 1.82) is 0 Å². The summed E-state index contributed by atoms with van der Waals surface area (Å²) in [6.45, 7) is 1.44. The largest absolute Gasteiger partial charge is 0.411 e. The standard InChI is InChI=1S/C11H21F3N2O2S/c1-17-8-6-16(5-3-10(15)19)4-2-7-18-9-11(12,13)14/h2-9H2,1H3,(H2,15,19). The van der Waals surface area contributed by atoms with Crippen LogP contribution in [0.15, 0.2) is 0 Å². The molecular formula is C11H21F3N2O2S. The summed E-state index contributed by atoms with van der Waals surface area (Å²) in [6.07, 6.45) is -3.15. The molecule has 0 fully saturated rings. The molecule has 0 radical (unpaired) electrons. The van der Waals surface area contributed by atoms with Gasteiger partial charge in [-0.3, -0.25) is 0 Å². The number of nitrogens with zero attached hydrogens (tertiary/aromatic N) is 1. The lowest BCUT2D eigenvalue weighted by Crippen LogP contribution is -2.32. The third-order valence-corrected chi connectivity index (χ3v) is 2.52. The van der Waals surface area contributed by atoms with E-state index in [9.17, 15) is 13.2 Å². The van der Waals surface area contributed by atoms with Gasteiger partial charge in [0.25, 0.3) is 0 Å². The predicted octanol–water partition coefficient (Wildman–Crippen LogP) is 1.58. The van der Waals surface area contributed by atoms with Crippen LogP contribution in [0.25, 0.3) is 0 Å². The van der Waals surface area contributed by atoms with E-state index < -0.39 is 12.8 Å². The molecule has 2 N–H and O–H groups in total. The van der Waals surface area contributed by atoms with Crippen LogP contribution in [-0.2, 0) is 9.47 Å². The second-order valence-electron chi connectivity index (χ2n) is 4.07. The number of nitrogens with two attached hydrogens (primary N) is 1. The highest BCUT2D eigenvalue weighted by Crippen LogP contribution is 2.14. The van der Waals surface area contributed by atoms with Crippen molar-refractivity contribution in [3.8, 4) is 0 Å². The van der Waals surface area contributed by atoms with Gasteiger partial charge in [0.05, 0.1) is 11.6 Å². The molecule has 0 aromatic carbocycles. The van der Waals surface area contributed by atoms with Gasteiger partial charge in [-0.1, -0.05) is 12.2 Å². The molecule has 0 aliphatic carbocycles. The van der Waals surface area contributed by atoms with Gasteiger partial charge in [0, 0.05) is 39.8 Å². The summed E-state index contributed by atoms with van der Waals surface area (Å²) in [4.78, 5) is 2.47. The molecule has 0 aromatic rings. The molecule has 0 amide bonds. The van der Waals surface area contributed by atoms with Crippen molar-refractivity contribution in [1.82, 2.24) is 4.90 Å². The predicted molar refractivity (Wildman–Crippen MR) is 71.2 cm³/mol. The molecule has 4 nitrogen and oxygen atoms in total. The molecule has 0 aliphatic heterocycles. The first kappa shape index (κ1) is 18.6. The second-order valence-corrected chi connectivity index (χ2v) is 4.60. The minimum Gasteiger partial charge on any atom is -0.393 e. The van der Waals surface area contributed by atoms with E-state index in [4.69, 9.17) is 22.7 Å². The van der Waals surface area contributed by atoms with Crippen molar-refractivity contribution >= 4 is 17.2 Å². The highest BCUT2D eigenvalue weighted by Gasteiger charge is 2.27. The van der Waals surface area contributed by atoms with Crippen molar-refractivity contribution in [3.05, 3.63) is 0 Å². The minimum absolute atomic E-state index is 0.0794. The van der Waals surface area contributed by atoms with E-state index in [0.717, 1.165) is 0 Å². The lowest BCUT2D eigenvalue weighted by molar-refractivity contribution is -0.174. The Morgan fingerprint density at radius 3 is 2.42 bits per heavy atom. The summed E-state index contributed by atoms with van der Waals surface area (Å²) < 4.78 is 45.0. The van der Waals surface area contributed by atoms with Crippen LogP contribution < -0.4 is 5.73 Å². The van der Waals surface area contributed by atoms with Gasteiger partial charge in [0.1, 0.15) is 6.61 Å². The smallest absolute Gasteiger partial charge is 0.393 e. The first-order valence-electron chi connectivity index (χ1n) is 5.99. The maximum atomic E-state index is 11.8. The third-order valence-electron chi connectivity index (χ3n) is 2.31. The number of rotatable bonds is 11. The van der Waals surface area contributed by atoms with Crippen LogP contribution in [-0.4, -0.2) is 62.6 Å². The number of hydrogen-bond donors (Lipinski definition) is 1. The number of ether oxygens (including phenoxy) is 2. The van der Waals surface area contributed by atoms with Crippen molar-refractivity contribution in [2.75, 3.05) is 46.6 Å². The molecule has 0 aromatic heterocycles. The summed E-state index contributed by atoms with van der Waals surface area (Å²) in [5.74, 6) is 0. The lowest BCUT2D eigenvalue weighted by atomic mass is 10.3. The summed E-state index contributed by atoms with van der Waals surface area (Å²) in [7, 11) is 1.60. The Kier molecular flexibility index (Phi) is 10.1. The maximum Gasteiger partial charge on any atom is 0.411 e. The molecule has 0 atom stereocenters. The number of hydrogen-bond acceptors (Lipinski definition) is 4. The summed E-state index contributed by atoms with van der Waals surface area (Å²) >= 11 is 4.79. The van der Waals surface area contributed by atoms with E-state index in [1.165, 1.54) is 0 Å². The van der Waals surface area contributed by atoms with Gasteiger partial charge in [-0.2, -0.15) is 13.2 Å². The summed E-state index contributed by atoms with van der Waals surface area (Å²) in [5.41, 5.74) is 5.42. The SMILES string of the molecule is COCCN(CCCOCC(F)(F)F)CCC(N)=S. The monoisotopic (exact) mass is 302 g/mol. The number of thiocarbonyl (C=S) groups is 1. The molecule has 0 heterocycles. The Labute approximate surface area is 117 Å². The van der Waals surface area contributed by atoms with Crippen LogP contribution in [0.2, 0.25) is 0 Å². The molecule has 114 valence electrons.